The summed E-state index contributed by atoms with van der Waals surface area (Å²) in [7, 11) is 0. The molecule has 0 aliphatic carbocycles. The third kappa shape index (κ3) is 2.96. The number of nitrogens with zero attached hydrogens (tertiary/aromatic N) is 1. The highest BCUT2D eigenvalue weighted by Crippen LogP contribution is 2.21. The van der Waals surface area contributed by atoms with Crippen LogP contribution in [0.5, 0.6) is 0 Å². The SMILES string of the molecule is CC(C)(C)C(=O)Cc1ccc2cc(Br)ccc2n1. The molecule has 0 aliphatic rings. The molecule has 2 rings (SSSR count). The van der Waals surface area contributed by atoms with Crippen LogP contribution in [0.3, 0.4) is 0 Å². The molecule has 1 aromatic carbocycles. The zero-order valence-electron chi connectivity index (χ0n) is 10.8. The second-order valence-electron chi connectivity index (χ2n) is 5.49. The topological polar surface area (TPSA) is 30.0 Å². The van der Waals surface area contributed by atoms with Gasteiger partial charge < -0.3 is 0 Å². The molecule has 0 spiro atoms. The summed E-state index contributed by atoms with van der Waals surface area (Å²) in [5.74, 6) is 0.214. The van der Waals surface area contributed by atoms with Crippen LogP contribution in [0.2, 0.25) is 0 Å². The average molecular weight is 306 g/mol. The molecule has 0 unspecified atom stereocenters. The zero-order chi connectivity index (χ0) is 13.3. The number of hydrogen-bond donors (Lipinski definition) is 0. The van der Waals surface area contributed by atoms with Gasteiger partial charge >= 0.3 is 0 Å². The minimum atomic E-state index is -0.309. The molecule has 0 aliphatic heterocycles. The Hall–Kier alpha value is -1.22. The fraction of sp³-hybridized carbons (Fsp3) is 0.333. The molecular weight excluding hydrogens is 290 g/mol. The highest BCUT2D eigenvalue weighted by Gasteiger charge is 2.21. The number of benzene rings is 1. The van der Waals surface area contributed by atoms with Gasteiger partial charge in [-0.15, -0.1) is 0 Å². The van der Waals surface area contributed by atoms with Crippen LogP contribution in [-0.2, 0) is 11.2 Å². The quantitative estimate of drug-likeness (QED) is 0.834. The molecule has 0 saturated heterocycles. The van der Waals surface area contributed by atoms with Crippen LogP contribution >= 0.6 is 15.9 Å². The number of pyridine rings is 1. The first kappa shape index (κ1) is 13.2. The third-order valence-corrected chi connectivity index (χ3v) is 3.38. The zero-order valence-corrected chi connectivity index (χ0v) is 12.4. The Labute approximate surface area is 116 Å². The molecule has 2 aromatic rings. The number of ketones is 1. The number of rotatable bonds is 2. The molecule has 3 heteroatoms. The maximum atomic E-state index is 12.0. The largest absolute Gasteiger partial charge is 0.299 e. The third-order valence-electron chi connectivity index (χ3n) is 2.89. The summed E-state index contributed by atoms with van der Waals surface area (Å²) in [6.07, 6.45) is 0.398. The lowest BCUT2D eigenvalue weighted by atomic mass is 9.88. The van der Waals surface area contributed by atoms with E-state index >= 15 is 0 Å². The van der Waals surface area contributed by atoms with Gasteiger partial charge in [-0.25, -0.2) is 0 Å². The molecule has 1 heterocycles. The van der Waals surface area contributed by atoms with Crippen molar-refractivity contribution in [2.75, 3.05) is 0 Å². The number of halogens is 1. The lowest BCUT2D eigenvalue weighted by Gasteiger charge is -2.16. The molecule has 1 aromatic heterocycles. The van der Waals surface area contributed by atoms with Gasteiger partial charge in [0.25, 0.3) is 0 Å². The molecule has 2 nitrogen and oxygen atoms in total. The summed E-state index contributed by atoms with van der Waals surface area (Å²) in [5, 5.41) is 1.08. The van der Waals surface area contributed by atoms with Crippen LogP contribution in [0.25, 0.3) is 10.9 Å². The van der Waals surface area contributed by atoms with Crippen molar-refractivity contribution in [1.29, 1.82) is 0 Å². The van der Waals surface area contributed by atoms with Gasteiger partial charge in [0, 0.05) is 27.4 Å². The number of hydrogen-bond acceptors (Lipinski definition) is 2. The van der Waals surface area contributed by atoms with E-state index in [1.807, 2.05) is 51.1 Å². The molecule has 0 bridgehead atoms. The first-order valence-corrected chi connectivity index (χ1v) is 6.74. The summed E-state index contributed by atoms with van der Waals surface area (Å²) < 4.78 is 1.04. The van der Waals surface area contributed by atoms with Crippen molar-refractivity contribution < 1.29 is 4.79 Å². The Morgan fingerprint density at radius 1 is 1.22 bits per heavy atom. The number of aromatic nitrogens is 1. The lowest BCUT2D eigenvalue weighted by Crippen LogP contribution is -2.22. The highest BCUT2D eigenvalue weighted by molar-refractivity contribution is 9.10. The van der Waals surface area contributed by atoms with E-state index < -0.39 is 0 Å². The minimum Gasteiger partial charge on any atom is -0.299 e. The molecule has 94 valence electrons. The first-order chi connectivity index (χ1) is 8.36. The van der Waals surface area contributed by atoms with Gasteiger partial charge in [0.05, 0.1) is 5.52 Å². The van der Waals surface area contributed by atoms with Gasteiger partial charge in [-0.05, 0) is 24.3 Å². The van der Waals surface area contributed by atoms with E-state index in [-0.39, 0.29) is 11.2 Å². The molecule has 0 atom stereocenters. The summed E-state index contributed by atoms with van der Waals surface area (Å²) >= 11 is 3.44. The second kappa shape index (κ2) is 4.81. The number of carbonyl (C=O) groups is 1. The van der Waals surface area contributed by atoms with E-state index in [9.17, 15) is 4.79 Å². The Bertz CT molecular complexity index is 599. The second-order valence-corrected chi connectivity index (χ2v) is 6.41. The normalized spacial score (nSPS) is 11.8. The van der Waals surface area contributed by atoms with E-state index in [2.05, 4.69) is 20.9 Å². The molecule has 0 fully saturated rings. The monoisotopic (exact) mass is 305 g/mol. The highest BCUT2D eigenvalue weighted by atomic mass is 79.9. The summed E-state index contributed by atoms with van der Waals surface area (Å²) in [6, 6.07) is 9.89. The Morgan fingerprint density at radius 3 is 2.61 bits per heavy atom. The Balaban J connectivity index is 2.31. The number of carbonyl (C=O) groups excluding carboxylic acids is 1. The van der Waals surface area contributed by atoms with E-state index in [4.69, 9.17) is 0 Å². The summed E-state index contributed by atoms with van der Waals surface area (Å²) in [5.41, 5.74) is 1.46. The molecule has 0 saturated carbocycles. The maximum Gasteiger partial charge on any atom is 0.144 e. The van der Waals surface area contributed by atoms with Gasteiger partial charge in [-0.3, -0.25) is 9.78 Å². The number of Topliss-reactive ketones (excluding diaryl/α,β-unsaturated/α-hetero) is 1. The fourth-order valence-corrected chi connectivity index (χ4v) is 2.05. The Kier molecular flexibility index (Phi) is 3.53. The van der Waals surface area contributed by atoms with Crippen molar-refractivity contribution in [3.05, 3.63) is 40.5 Å². The van der Waals surface area contributed by atoms with Gasteiger partial charge in [-0.2, -0.15) is 0 Å². The van der Waals surface area contributed by atoms with Crippen molar-refractivity contribution in [3.63, 3.8) is 0 Å². The molecular formula is C15H16BrNO. The van der Waals surface area contributed by atoms with Crippen LogP contribution in [0, 0.1) is 5.41 Å². The minimum absolute atomic E-state index is 0.214. The number of fused-ring (bicyclic) bond motifs is 1. The van der Waals surface area contributed by atoms with Crippen LogP contribution in [0.4, 0.5) is 0 Å². The van der Waals surface area contributed by atoms with E-state index in [0.29, 0.717) is 6.42 Å². The fourth-order valence-electron chi connectivity index (χ4n) is 1.67. The molecule has 0 radical (unpaired) electrons. The molecule has 0 N–H and O–H groups in total. The Morgan fingerprint density at radius 2 is 1.94 bits per heavy atom. The van der Waals surface area contributed by atoms with Crippen molar-refractivity contribution in [2.24, 2.45) is 5.41 Å². The van der Waals surface area contributed by atoms with Crippen molar-refractivity contribution in [2.45, 2.75) is 27.2 Å². The van der Waals surface area contributed by atoms with E-state index in [0.717, 1.165) is 21.1 Å². The van der Waals surface area contributed by atoms with Gasteiger partial charge in [-0.1, -0.05) is 42.8 Å². The van der Waals surface area contributed by atoms with Crippen LogP contribution in [-0.4, -0.2) is 10.8 Å². The van der Waals surface area contributed by atoms with Crippen LogP contribution in [0.1, 0.15) is 26.5 Å². The average Bonchev–Trinajstić information content (AvgIpc) is 2.28. The van der Waals surface area contributed by atoms with Crippen molar-refractivity contribution >= 4 is 32.6 Å². The van der Waals surface area contributed by atoms with E-state index in [1.54, 1.807) is 0 Å². The van der Waals surface area contributed by atoms with Crippen molar-refractivity contribution in [3.8, 4) is 0 Å². The summed E-state index contributed by atoms with van der Waals surface area (Å²) in [4.78, 5) is 16.5. The standard InChI is InChI=1S/C15H16BrNO/c1-15(2,3)14(18)9-12-6-4-10-8-11(16)5-7-13(10)17-12/h4-8H,9H2,1-3H3. The van der Waals surface area contributed by atoms with Crippen LogP contribution in [0.15, 0.2) is 34.8 Å². The van der Waals surface area contributed by atoms with Crippen molar-refractivity contribution in [1.82, 2.24) is 4.98 Å². The van der Waals surface area contributed by atoms with Crippen LogP contribution < -0.4 is 0 Å². The van der Waals surface area contributed by atoms with Gasteiger partial charge in [0.15, 0.2) is 0 Å². The first-order valence-electron chi connectivity index (χ1n) is 5.95. The predicted molar refractivity (Wildman–Crippen MR) is 77.6 cm³/mol. The van der Waals surface area contributed by atoms with Gasteiger partial charge in [0.2, 0.25) is 0 Å². The molecule has 18 heavy (non-hydrogen) atoms. The lowest BCUT2D eigenvalue weighted by molar-refractivity contribution is -0.125. The smallest absolute Gasteiger partial charge is 0.144 e. The van der Waals surface area contributed by atoms with Gasteiger partial charge in [0.1, 0.15) is 5.78 Å². The molecule has 0 amide bonds. The predicted octanol–water partition coefficient (Wildman–Crippen LogP) is 4.16. The summed E-state index contributed by atoms with van der Waals surface area (Å²) in [6.45, 7) is 5.81. The maximum absolute atomic E-state index is 12.0. The van der Waals surface area contributed by atoms with E-state index in [1.165, 1.54) is 0 Å².